The largest absolute Gasteiger partial charge is 0.354 e. The molecule has 0 aliphatic heterocycles. The predicted molar refractivity (Wildman–Crippen MR) is 96.1 cm³/mol. The quantitative estimate of drug-likeness (QED) is 0.598. The van der Waals surface area contributed by atoms with Crippen molar-refractivity contribution in [1.82, 2.24) is 4.98 Å². The van der Waals surface area contributed by atoms with Gasteiger partial charge in [0, 0.05) is 21.2 Å². The molecule has 0 saturated heterocycles. The third kappa shape index (κ3) is 3.79. The number of hydrogen-bond donors (Lipinski definition) is 2. The lowest BCUT2D eigenvalue weighted by molar-refractivity contribution is 0.101. The van der Waals surface area contributed by atoms with Crippen LogP contribution in [-0.2, 0) is 0 Å². The fourth-order valence-electron chi connectivity index (χ4n) is 2.57. The molecule has 4 nitrogen and oxygen atoms in total. The van der Waals surface area contributed by atoms with Crippen molar-refractivity contribution in [3.8, 4) is 0 Å². The van der Waals surface area contributed by atoms with Crippen LogP contribution in [0.4, 0.5) is 5.69 Å². The van der Waals surface area contributed by atoms with Gasteiger partial charge in [-0.2, -0.15) is 0 Å². The zero-order chi connectivity index (χ0) is 17.1. The molecule has 6 heteroatoms. The molecule has 2 aromatic rings. The Hall–Kier alpha value is -1.72. The third-order valence-corrected chi connectivity index (χ3v) is 4.70. The summed E-state index contributed by atoms with van der Waals surface area (Å²) in [4.78, 5) is 28.2. The number of thioether (sulfide) groups is 1. The number of aromatic nitrogens is 1. The number of aromatic amines is 1. The highest BCUT2D eigenvalue weighted by Crippen LogP contribution is 2.30. The van der Waals surface area contributed by atoms with E-state index in [0.29, 0.717) is 33.2 Å². The molecule has 0 bridgehead atoms. The van der Waals surface area contributed by atoms with Gasteiger partial charge in [0.05, 0.1) is 5.69 Å². The highest BCUT2D eigenvalue weighted by atomic mass is 35.5. The van der Waals surface area contributed by atoms with Gasteiger partial charge in [0.25, 0.3) is 5.91 Å². The van der Waals surface area contributed by atoms with E-state index >= 15 is 0 Å². The van der Waals surface area contributed by atoms with Gasteiger partial charge in [-0.15, -0.1) is 11.8 Å². The van der Waals surface area contributed by atoms with E-state index in [-0.39, 0.29) is 11.7 Å². The molecule has 1 heterocycles. The fourth-order valence-corrected chi connectivity index (χ4v) is 3.48. The summed E-state index contributed by atoms with van der Waals surface area (Å²) >= 11 is 7.66. The van der Waals surface area contributed by atoms with Gasteiger partial charge in [-0.05, 0) is 50.3 Å². The van der Waals surface area contributed by atoms with E-state index in [0.717, 1.165) is 10.6 Å². The van der Waals surface area contributed by atoms with Crippen LogP contribution in [-0.4, -0.2) is 22.4 Å². The lowest BCUT2D eigenvalue weighted by Crippen LogP contribution is -2.14. The summed E-state index contributed by atoms with van der Waals surface area (Å²) in [6.45, 7) is 7.10. The summed E-state index contributed by atoms with van der Waals surface area (Å²) in [6, 6.07) is 5.42. The molecule has 0 saturated carbocycles. The summed E-state index contributed by atoms with van der Waals surface area (Å²) in [6.07, 6.45) is 0. The Morgan fingerprint density at radius 1 is 1.30 bits per heavy atom. The Bertz CT molecular complexity index is 768. The Morgan fingerprint density at radius 3 is 2.57 bits per heavy atom. The SMILES string of the molecule is CCSc1ccc(Cl)cc1NC(=O)c1[nH]c(C)c(C(C)=O)c1C. The van der Waals surface area contributed by atoms with Crippen molar-refractivity contribution < 1.29 is 9.59 Å². The summed E-state index contributed by atoms with van der Waals surface area (Å²) in [5.74, 6) is 0.554. The van der Waals surface area contributed by atoms with E-state index in [4.69, 9.17) is 11.6 Å². The van der Waals surface area contributed by atoms with E-state index in [9.17, 15) is 9.59 Å². The van der Waals surface area contributed by atoms with Crippen molar-refractivity contribution in [2.75, 3.05) is 11.1 Å². The minimum absolute atomic E-state index is 0.0553. The van der Waals surface area contributed by atoms with E-state index in [1.807, 2.05) is 13.0 Å². The summed E-state index contributed by atoms with van der Waals surface area (Å²) in [7, 11) is 0. The van der Waals surface area contributed by atoms with Crippen molar-refractivity contribution in [2.24, 2.45) is 0 Å². The molecule has 0 unspecified atom stereocenters. The molecule has 1 aromatic heterocycles. The first-order chi connectivity index (χ1) is 10.8. The number of carbonyl (C=O) groups excluding carboxylic acids is 2. The molecule has 0 fully saturated rings. The van der Waals surface area contributed by atoms with Crippen LogP contribution in [0, 0.1) is 13.8 Å². The van der Waals surface area contributed by atoms with Crippen LogP contribution in [0.5, 0.6) is 0 Å². The molecule has 0 aliphatic rings. The van der Waals surface area contributed by atoms with Crippen LogP contribution in [0.25, 0.3) is 0 Å². The van der Waals surface area contributed by atoms with Crippen LogP contribution < -0.4 is 5.32 Å². The Labute approximate surface area is 145 Å². The smallest absolute Gasteiger partial charge is 0.272 e. The van der Waals surface area contributed by atoms with Crippen molar-refractivity contribution in [3.05, 3.63) is 45.7 Å². The predicted octanol–water partition coefficient (Wildman–Crippen LogP) is 4.85. The first kappa shape index (κ1) is 17.6. The van der Waals surface area contributed by atoms with E-state index in [2.05, 4.69) is 10.3 Å². The zero-order valence-corrected chi connectivity index (χ0v) is 15.1. The average Bonchev–Trinajstić information content (AvgIpc) is 2.77. The zero-order valence-electron chi connectivity index (χ0n) is 13.5. The molecular formula is C17H19ClN2O2S. The van der Waals surface area contributed by atoms with E-state index in [1.165, 1.54) is 6.92 Å². The minimum Gasteiger partial charge on any atom is -0.354 e. The minimum atomic E-state index is -0.279. The molecule has 2 rings (SSSR count). The number of ketones is 1. The number of nitrogens with one attached hydrogen (secondary N) is 2. The van der Waals surface area contributed by atoms with Crippen molar-refractivity contribution in [2.45, 2.75) is 32.6 Å². The maximum absolute atomic E-state index is 12.6. The second kappa shape index (κ2) is 7.23. The highest BCUT2D eigenvalue weighted by molar-refractivity contribution is 7.99. The van der Waals surface area contributed by atoms with Crippen LogP contribution in [0.3, 0.4) is 0 Å². The number of Topliss-reactive ketones (excluding diaryl/α,β-unsaturated/α-hetero) is 1. The van der Waals surface area contributed by atoms with Gasteiger partial charge < -0.3 is 10.3 Å². The number of anilines is 1. The summed E-state index contributed by atoms with van der Waals surface area (Å²) in [5.41, 5.74) is 3.02. The first-order valence-corrected chi connectivity index (χ1v) is 8.65. The van der Waals surface area contributed by atoms with E-state index < -0.39 is 0 Å². The van der Waals surface area contributed by atoms with Gasteiger partial charge in [0.15, 0.2) is 5.78 Å². The second-order valence-electron chi connectivity index (χ2n) is 5.21. The van der Waals surface area contributed by atoms with Gasteiger partial charge in [0.1, 0.15) is 5.69 Å². The van der Waals surface area contributed by atoms with Crippen LogP contribution in [0.15, 0.2) is 23.1 Å². The summed E-state index contributed by atoms with van der Waals surface area (Å²) < 4.78 is 0. The van der Waals surface area contributed by atoms with Crippen molar-refractivity contribution >= 4 is 40.7 Å². The van der Waals surface area contributed by atoms with Crippen molar-refractivity contribution in [1.29, 1.82) is 0 Å². The number of aryl methyl sites for hydroxylation is 1. The third-order valence-electron chi connectivity index (χ3n) is 3.51. The number of rotatable bonds is 5. The van der Waals surface area contributed by atoms with Crippen LogP contribution >= 0.6 is 23.4 Å². The molecule has 122 valence electrons. The maximum atomic E-state index is 12.6. The Balaban J connectivity index is 2.35. The highest BCUT2D eigenvalue weighted by Gasteiger charge is 2.20. The molecule has 1 amide bonds. The molecule has 0 aliphatic carbocycles. The molecular weight excluding hydrogens is 332 g/mol. The summed E-state index contributed by atoms with van der Waals surface area (Å²) in [5, 5.41) is 3.45. The lowest BCUT2D eigenvalue weighted by atomic mass is 10.1. The van der Waals surface area contributed by atoms with Gasteiger partial charge in [-0.3, -0.25) is 9.59 Å². The van der Waals surface area contributed by atoms with Gasteiger partial charge in [0.2, 0.25) is 0 Å². The number of H-pyrrole nitrogens is 1. The van der Waals surface area contributed by atoms with Gasteiger partial charge in [-0.25, -0.2) is 0 Å². The topological polar surface area (TPSA) is 62.0 Å². The number of benzene rings is 1. The van der Waals surface area contributed by atoms with Gasteiger partial charge >= 0.3 is 0 Å². The van der Waals surface area contributed by atoms with Crippen LogP contribution in [0.2, 0.25) is 5.02 Å². The first-order valence-electron chi connectivity index (χ1n) is 7.29. The van der Waals surface area contributed by atoms with Crippen LogP contribution in [0.1, 0.15) is 46.0 Å². The normalized spacial score (nSPS) is 10.7. The standard InChI is InChI=1S/C17H19ClN2O2S/c1-5-23-14-7-6-12(18)8-13(14)20-17(22)16-9(2)15(11(4)21)10(3)19-16/h6-8,19H,5H2,1-4H3,(H,20,22). The molecule has 1 aromatic carbocycles. The monoisotopic (exact) mass is 350 g/mol. The molecule has 23 heavy (non-hydrogen) atoms. The maximum Gasteiger partial charge on any atom is 0.272 e. The van der Waals surface area contributed by atoms with Gasteiger partial charge in [-0.1, -0.05) is 18.5 Å². The fraction of sp³-hybridized carbons (Fsp3) is 0.294. The molecule has 0 radical (unpaired) electrons. The molecule has 2 N–H and O–H groups in total. The van der Waals surface area contributed by atoms with Crippen molar-refractivity contribution in [3.63, 3.8) is 0 Å². The number of carbonyl (C=O) groups is 2. The molecule has 0 spiro atoms. The average molecular weight is 351 g/mol. The number of halogens is 1. The number of amides is 1. The second-order valence-corrected chi connectivity index (χ2v) is 6.95. The lowest BCUT2D eigenvalue weighted by Gasteiger charge is -2.10. The Kier molecular flexibility index (Phi) is 5.55. The Morgan fingerprint density at radius 2 is 2.00 bits per heavy atom. The van der Waals surface area contributed by atoms with E-state index in [1.54, 1.807) is 37.7 Å². The molecule has 0 atom stereocenters. The number of hydrogen-bond acceptors (Lipinski definition) is 3.